The maximum Gasteiger partial charge on any atom is 0.345 e. The van der Waals surface area contributed by atoms with Crippen LogP contribution in [0.15, 0.2) is 53.3 Å². The van der Waals surface area contributed by atoms with Gasteiger partial charge in [0, 0.05) is 33.2 Å². The van der Waals surface area contributed by atoms with Crippen LogP contribution in [0.1, 0.15) is 18.1 Å². The molecule has 0 spiro atoms. The van der Waals surface area contributed by atoms with Crippen molar-refractivity contribution in [2.75, 3.05) is 12.4 Å². The number of methoxy groups -OCH3 is 1. The second-order valence-corrected chi connectivity index (χ2v) is 8.64. The number of hydrogen-bond acceptors (Lipinski definition) is 7. The Hall–Kier alpha value is -3.69. The van der Waals surface area contributed by atoms with E-state index >= 15 is 0 Å². The number of furan rings is 1. The van der Waals surface area contributed by atoms with E-state index in [-0.39, 0.29) is 10.1 Å². The molecule has 10 heteroatoms. The number of benzene rings is 2. The number of halogens is 1. The van der Waals surface area contributed by atoms with Crippen LogP contribution in [0.5, 0.6) is 5.75 Å². The molecule has 2 aromatic heterocycles. The number of nitrogens with zero attached hydrogens (tertiary/aromatic N) is 2. The Balaban J connectivity index is 1.73. The number of nitrogens with one attached hydrogen (secondary N) is 1. The van der Waals surface area contributed by atoms with Crippen molar-refractivity contribution in [2.24, 2.45) is 0 Å². The van der Waals surface area contributed by atoms with E-state index in [1.54, 1.807) is 20.3 Å². The quantitative estimate of drug-likeness (QED) is 0.191. The van der Waals surface area contributed by atoms with Gasteiger partial charge in [-0.15, -0.1) is 0 Å². The zero-order valence-electron chi connectivity index (χ0n) is 17.8. The van der Waals surface area contributed by atoms with Crippen LogP contribution in [0.2, 0.25) is 5.02 Å². The third-order valence-electron chi connectivity index (χ3n) is 5.08. The first-order valence-corrected chi connectivity index (χ1v) is 10.9. The Morgan fingerprint density at radius 1 is 1.33 bits per heavy atom. The van der Waals surface area contributed by atoms with Gasteiger partial charge in [-0.3, -0.25) is 20.2 Å². The summed E-state index contributed by atoms with van der Waals surface area (Å²) in [5.74, 6) is 0.132. The average molecular weight is 484 g/mol. The molecule has 0 saturated heterocycles. The standard InChI is InChI=1S/C23H18ClN3O5S/c1-12(8-19(28)26-23-25-10-20(33-23)27(29)30)16-9-17-18(14-4-6-15(24)7-5-14)11-32-22(17)13(2)21(16)31-3/h4-11H,1-3H3,(H,25,26,28)/b12-8+. The topological polar surface area (TPSA) is 108 Å². The number of aromatic nitrogens is 1. The summed E-state index contributed by atoms with van der Waals surface area (Å²) in [6.07, 6.45) is 4.19. The highest BCUT2D eigenvalue weighted by atomic mass is 35.5. The largest absolute Gasteiger partial charge is 0.496 e. The van der Waals surface area contributed by atoms with E-state index in [0.717, 1.165) is 45.2 Å². The number of allylic oxidation sites excluding steroid dienone is 1. The molecule has 1 amide bonds. The molecule has 4 rings (SSSR count). The molecule has 0 aliphatic heterocycles. The second kappa shape index (κ2) is 9.05. The molecule has 168 valence electrons. The SMILES string of the molecule is COc1c(/C(C)=C/C(=O)Nc2ncc([N+](=O)[O-])s2)cc2c(-c3ccc(Cl)cc3)coc2c1C. The minimum atomic E-state index is -0.555. The van der Waals surface area contributed by atoms with Crippen LogP contribution in [-0.4, -0.2) is 22.9 Å². The maximum absolute atomic E-state index is 12.5. The number of nitro groups is 1. The molecule has 2 aromatic carbocycles. The Morgan fingerprint density at radius 3 is 2.70 bits per heavy atom. The first-order valence-electron chi connectivity index (χ1n) is 9.73. The molecular formula is C23H18ClN3O5S. The molecule has 0 bridgehead atoms. The third-order valence-corrected chi connectivity index (χ3v) is 6.20. The summed E-state index contributed by atoms with van der Waals surface area (Å²) >= 11 is 6.81. The fourth-order valence-electron chi connectivity index (χ4n) is 3.55. The molecular weight excluding hydrogens is 466 g/mol. The minimum Gasteiger partial charge on any atom is -0.496 e. The van der Waals surface area contributed by atoms with E-state index in [1.165, 1.54) is 6.08 Å². The second-order valence-electron chi connectivity index (χ2n) is 7.19. The fourth-order valence-corrected chi connectivity index (χ4v) is 4.31. The average Bonchev–Trinajstić information content (AvgIpc) is 3.41. The monoisotopic (exact) mass is 483 g/mol. The number of ether oxygens (including phenoxy) is 1. The van der Waals surface area contributed by atoms with Crippen molar-refractivity contribution in [2.45, 2.75) is 13.8 Å². The predicted molar refractivity (Wildman–Crippen MR) is 129 cm³/mol. The fraction of sp³-hybridized carbons (Fsp3) is 0.130. The molecule has 2 heterocycles. The van der Waals surface area contributed by atoms with Crippen LogP contribution < -0.4 is 10.1 Å². The van der Waals surface area contributed by atoms with Gasteiger partial charge in [0.05, 0.1) is 18.3 Å². The van der Waals surface area contributed by atoms with E-state index in [2.05, 4.69) is 10.3 Å². The molecule has 0 unspecified atom stereocenters. The van der Waals surface area contributed by atoms with Gasteiger partial charge in [-0.1, -0.05) is 23.7 Å². The number of thiazole rings is 1. The van der Waals surface area contributed by atoms with Gasteiger partial charge in [0.15, 0.2) is 5.13 Å². The molecule has 4 aromatic rings. The van der Waals surface area contributed by atoms with Crippen LogP contribution in [0.25, 0.3) is 27.7 Å². The van der Waals surface area contributed by atoms with Gasteiger partial charge in [-0.05, 0) is 54.5 Å². The highest BCUT2D eigenvalue weighted by Crippen LogP contribution is 2.40. The molecule has 0 atom stereocenters. The van der Waals surface area contributed by atoms with Crippen LogP contribution in [0, 0.1) is 17.0 Å². The van der Waals surface area contributed by atoms with Crippen LogP contribution in [-0.2, 0) is 4.79 Å². The summed E-state index contributed by atoms with van der Waals surface area (Å²) < 4.78 is 11.5. The van der Waals surface area contributed by atoms with E-state index in [9.17, 15) is 14.9 Å². The number of rotatable bonds is 6. The van der Waals surface area contributed by atoms with Gasteiger partial charge in [-0.25, -0.2) is 4.98 Å². The lowest BCUT2D eigenvalue weighted by atomic mass is 9.96. The van der Waals surface area contributed by atoms with E-state index in [0.29, 0.717) is 21.9 Å². The van der Waals surface area contributed by atoms with Crippen molar-refractivity contribution in [3.05, 3.63) is 75.1 Å². The number of fused-ring (bicyclic) bond motifs is 1. The van der Waals surface area contributed by atoms with Gasteiger partial charge < -0.3 is 9.15 Å². The summed E-state index contributed by atoms with van der Waals surface area (Å²) in [4.78, 5) is 26.7. The number of anilines is 1. The highest BCUT2D eigenvalue weighted by molar-refractivity contribution is 7.18. The van der Waals surface area contributed by atoms with Crippen molar-refractivity contribution in [3.8, 4) is 16.9 Å². The van der Waals surface area contributed by atoms with Crippen molar-refractivity contribution < 1.29 is 18.9 Å². The number of carbonyl (C=O) groups excluding carboxylic acids is 1. The third kappa shape index (κ3) is 4.46. The molecule has 0 radical (unpaired) electrons. The van der Waals surface area contributed by atoms with Gasteiger partial charge >= 0.3 is 5.00 Å². The zero-order valence-corrected chi connectivity index (χ0v) is 19.4. The zero-order chi connectivity index (χ0) is 23.7. The molecule has 0 aliphatic rings. The van der Waals surface area contributed by atoms with Crippen LogP contribution in [0.3, 0.4) is 0 Å². The number of aryl methyl sites for hydroxylation is 1. The summed E-state index contributed by atoms with van der Waals surface area (Å²) in [6.45, 7) is 3.68. The Bertz CT molecular complexity index is 1410. The van der Waals surface area contributed by atoms with E-state index in [4.69, 9.17) is 20.8 Å². The molecule has 0 aliphatic carbocycles. The Labute approximate surface area is 197 Å². The molecule has 0 fully saturated rings. The molecule has 8 nitrogen and oxygen atoms in total. The van der Waals surface area contributed by atoms with Crippen molar-refractivity contribution in [1.29, 1.82) is 0 Å². The Kier molecular flexibility index (Phi) is 6.17. The molecule has 1 N–H and O–H groups in total. The maximum atomic E-state index is 12.5. The minimum absolute atomic E-state index is 0.147. The van der Waals surface area contributed by atoms with Gasteiger partial charge in [0.2, 0.25) is 5.91 Å². The molecule has 33 heavy (non-hydrogen) atoms. The normalized spacial score (nSPS) is 11.6. The van der Waals surface area contributed by atoms with Gasteiger partial charge in [0.25, 0.3) is 0 Å². The number of hydrogen-bond donors (Lipinski definition) is 1. The van der Waals surface area contributed by atoms with Crippen LogP contribution >= 0.6 is 22.9 Å². The van der Waals surface area contributed by atoms with Gasteiger partial charge in [-0.2, -0.15) is 0 Å². The summed E-state index contributed by atoms with van der Waals surface area (Å²) in [7, 11) is 1.56. The van der Waals surface area contributed by atoms with E-state index in [1.807, 2.05) is 37.3 Å². The number of carbonyl (C=O) groups is 1. The number of amides is 1. The lowest BCUT2D eigenvalue weighted by Gasteiger charge is -2.13. The summed E-state index contributed by atoms with van der Waals surface area (Å²) in [6, 6.07) is 9.36. The summed E-state index contributed by atoms with van der Waals surface area (Å²) in [5.41, 5.74) is 4.68. The van der Waals surface area contributed by atoms with E-state index < -0.39 is 10.8 Å². The first kappa shape index (κ1) is 22.5. The highest BCUT2D eigenvalue weighted by Gasteiger charge is 2.19. The van der Waals surface area contributed by atoms with Crippen molar-refractivity contribution in [1.82, 2.24) is 4.98 Å². The molecule has 0 saturated carbocycles. The van der Waals surface area contributed by atoms with Crippen molar-refractivity contribution in [3.63, 3.8) is 0 Å². The predicted octanol–water partition coefficient (Wildman–Crippen LogP) is 6.48. The summed E-state index contributed by atoms with van der Waals surface area (Å²) in [5, 5.41) is 14.9. The van der Waals surface area contributed by atoms with Crippen molar-refractivity contribution >= 4 is 55.5 Å². The lowest BCUT2D eigenvalue weighted by molar-refractivity contribution is -0.380. The Morgan fingerprint density at radius 2 is 2.06 bits per heavy atom. The first-order chi connectivity index (χ1) is 15.8. The lowest BCUT2D eigenvalue weighted by Crippen LogP contribution is -2.08. The van der Waals surface area contributed by atoms with Crippen LogP contribution in [0.4, 0.5) is 10.1 Å². The van der Waals surface area contributed by atoms with Gasteiger partial charge in [0.1, 0.15) is 17.5 Å². The smallest absolute Gasteiger partial charge is 0.345 e.